The topological polar surface area (TPSA) is 61.5 Å². The van der Waals surface area contributed by atoms with Gasteiger partial charge in [-0.1, -0.05) is 18.2 Å². The Morgan fingerprint density at radius 3 is 2.00 bits per heavy atom. The molecule has 0 N–H and O–H groups in total. The second-order valence-electron chi connectivity index (χ2n) is 9.73. The van der Waals surface area contributed by atoms with E-state index in [-0.39, 0.29) is 34.3 Å². The van der Waals surface area contributed by atoms with Gasteiger partial charge in [0.25, 0.3) is 0 Å². The molecule has 10 rings (SSSR count). The Balaban J connectivity index is 1.38. The summed E-state index contributed by atoms with van der Waals surface area (Å²) in [6.07, 6.45) is 3.10. The molecule has 4 heterocycles. The highest BCUT2D eigenvalue weighted by Gasteiger charge is 3.04. The number of nitrogens with zero attached hydrogens (tertiary/aromatic N) is 3. The van der Waals surface area contributed by atoms with Crippen molar-refractivity contribution in [3.63, 3.8) is 0 Å². The molecule has 6 heteroatoms. The van der Waals surface area contributed by atoms with Crippen LogP contribution in [0.25, 0.3) is 5.69 Å². The number of fused-ring (bicyclic) bond motifs is 1. The van der Waals surface area contributed by atoms with Crippen LogP contribution in [0, 0.1) is 34.5 Å². The predicted molar refractivity (Wildman–Crippen MR) is 89.1 cm³/mol. The van der Waals surface area contributed by atoms with Crippen molar-refractivity contribution in [2.24, 2.45) is 34.5 Å². The summed E-state index contributed by atoms with van der Waals surface area (Å²) in [6, 6.07) is 9.88. The van der Waals surface area contributed by atoms with Gasteiger partial charge in [-0.05, 0) is 48.6 Å². The van der Waals surface area contributed by atoms with E-state index in [1.54, 1.807) is 0 Å². The number of rotatable bonds is 1. The van der Waals surface area contributed by atoms with Crippen molar-refractivity contribution in [2.45, 2.75) is 37.1 Å². The fourth-order valence-electron chi connectivity index (χ4n) is 9.27. The molecule has 2 spiro atoms. The number of benzene rings is 1. The lowest BCUT2D eigenvalue weighted by atomic mass is 9.65. The first-order valence-corrected chi connectivity index (χ1v) is 9.89. The normalized spacial score (nSPS) is 56.6. The van der Waals surface area contributed by atoms with Crippen molar-refractivity contribution in [1.82, 2.24) is 13.9 Å². The molecule has 6 fully saturated rings. The minimum Gasteiger partial charge on any atom is -0.370 e. The minimum atomic E-state index is -0.130. The van der Waals surface area contributed by atoms with E-state index < -0.39 is 0 Å². The Labute approximate surface area is 148 Å². The molecule has 2 bridgehead atoms. The van der Waals surface area contributed by atoms with Crippen molar-refractivity contribution in [3.8, 4) is 5.69 Å². The van der Waals surface area contributed by atoms with Gasteiger partial charge in [0, 0.05) is 10.8 Å². The Morgan fingerprint density at radius 2 is 1.42 bits per heavy atom. The molecule has 2 aromatic rings. The lowest BCUT2D eigenvalue weighted by Crippen LogP contribution is -2.54. The summed E-state index contributed by atoms with van der Waals surface area (Å²) >= 11 is 0. The van der Waals surface area contributed by atoms with Gasteiger partial charge < -0.3 is 4.74 Å². The maximum atomic E-state index is 13.4. The zero-order valence-corrected chi connectivity index (χ0v) is 14.0. The summed E-state index contributed by atoms with van der Waals surface area (Å²) < 4.78 is 11.1. The minimum absolute atomic E-state index is 0.130. The maximum Gasteiger partial charge on any atom is 0.352 e. The summed E-state index contributed by atoms with van der Waals surface area (Å²) in [5, 5.41) is 0. The number of hydrogen-bond donors (Lipinski definition) is 0. The standard InChI is InChI=1S/C20H17N3O3/c24-17-21(8-4-2-1-3-5-8)18(25)23-16-13-11-12(13)15(22(17)23)19-6-9-10(26-9)7-20(16,19)14(11)19/h1-5,9-16H,6-7H2/t9-,10+,11?,12-,13-,14?,15+,16+,19-,20+/m0/s1. The molecule has 6 nitrogen and oxygen atoms in total. The quantitative estimate of drug-likeness (QED) is 0.722. The molecule has 1 aromatic heterocycles. The molecule has 2 unspecified atom stereocenters. The van der Waals surface area contributed by atoms with Gasteiger partial charge in [-0.15, -0.1) is 0 Å². The number of para-hydroxylation sites is 1. The number of epoxide rings is 1. The highest BCUT2D eigenvalue weighted by Crippen LogP contribution is 3.05. The van der Waals surface area contributed by atoms with E-state index >= 15 is 0 Å². The van der Waals surface area contributed by atoms with Gasteiger partial charge in [-0.3, -0.25) is 0 Å². The van der Waals surface area contributed by atoms with E-state index in [0.29, 0.717) is 29.7 Å². The molecule has 0 amide bonds. The highest BCUT2D eigenvalue weighted by molar-refractivity contribution is 5.51. The van der Waals surface area contributed by atoms with Crippen LogP contribution in [0.5, 0.6) is 0 Å². The first-order valence-electron chi connectivity index (χ1n) is 9.89. The van der Waals surface area contributed by atoms with Gasteiger partial charge >= 0.3 is 11.4 Å². The van der Waals surface area contributed by atoms with Gasteiger partial charge in [-0.25, -0.2) is 23.5 Å². The van der Waals surface area contributed by atoms with Gasteiger partial charge in [0.2, 0.25) is 0 Å². The third kappa shape index (κ3) is 0.839. The van der Waals surface area contributed by atoms with E-state index in [1.165, 1.54) is 4.57 Å². The van der Waals surface area contributed by atoms with Gasteiger partial charge in [0.15, 0.2) is 0 Å². The Morgan fingerprint density at radius 1 is 0.846 bits per heavy atom. The highest BCUT2D eigenvalue weighted by atomic mass is 16.6. The van der Waals surface area contributed by atoms with E-state index in [0.717, 1.165) is 24.7 Å². The van der Waals surface area contributed by atoms with E-state index in [1.807, 2.05) is 39.7 Å². The van der Waals surface area contributed by atoms with Crippen LogP contribution < -0.4 is 11.4 Å². The molecule has 5 saturated carbocycles. The van der Waals surface area contributed by atoms with Crippen LogP contribution in [0.3, 0.4) is 0 Å². The van der Waals surface area contributed by atoms with Crippen molar-refractivity contribution >= 4 is 0 Å². The van der Waals surface area contributed by atoms with Crippen LogP contribution in [-0.4, -0.2) is 26.1 Å². The fraction of sp³-hybridized carbons (Fsp3) is 0.600. The van der Waals surface area contributed by atoms with Crippen LogP contribution in [-0.2, 0) is 4.74 Å². The van der Waals surface area contributed by atoms with Crippen LogP contribution in [0.4, 0.5) is 0 Å². The second-order valence-corrected chi connectivity index (χ2v) is 9.73. The lowest BCUT2D eigenvalue weighted by molar-refractivity contribution is -0.0170. The van der Waals surface area contributed by atoms with Crippen molar-refractivity contribution < 1.29 is 4.74 Å². The van der Waals surface area contributed by atoms with Crippen LogP contribution in [0.2, 0.25) is 0 Å². The summed E-state index contributed by atoms with van der Waals surface area (Å²) in [5.41, 5.74) is 0.955. The SMILES string of the molecule is O=c1n(-c2ccccc2)c(=O)n2n1[C@@H]1[C@H]3C4C5[C@@]16C[C@@H]1O[C@@H]1C[C@]56[C@H]2[C@@H]43. The molecule has 1 aromatic carbocycles. The summed E-state index contributed by atoms with van der Waals surface area (Å²) in [7, 11) is 0. The number of aromatic nitrogens is 3. The van der Waals surface area contributed by atoms with Crippen molar-refractivity contribution in [1.29, 1.82) is 0 Å². The van der Waals surface area contributed by atoms with Gasteiger partial charge in [0.1, 0.15) is 0 Å². The lowest BCUT2D eigenvalue weighted by Gasteiger charge is -2.49. The van der Waals surface area contributed by atoms with Gasteiger partial charge in [0.05, 0.1) is 30.0 Å². The largest absolute Gasteiger partial charge is 0.370 e. The monoisotopic (exact) mass is 347 g/mol. The molecule has 5 aliphatic carbocycles. The van der Waals surface area contributed by atoms with Crippen molar-refractivity contribution in [2.75, 3.05) is 0 Å². The molecule has 1 saturated heterocycles. The molecule has 8 aliphatic rings. The summed E-state index contributed by atoms with van der Waals surface area (Å²) in [5.74, 6) is 2.82. The van der Waals surface area contributed by atoms with Crippen LogP contribution in [0.15, 0.2) is 39.9 Å². The third-order valence-electron chi connectivity index (χ3n) is 9.57. The van der Waals surface area contributed by atoms with E-state index in [4.69, 9.17) is 4.74 Å². The predicted octanol–water partition coefficient (Wildman–Crippen LogP) is 0.950. The first-order chi connectivity index (χ1) is 12.7. The Kier molecular flexibility index (Phi) is 1.45. The van der Waals surface area contributed by atoms with E-state index in [9.17, 15) is 9.59 Å². The molecular formula is C20H17N3O3. The fourth-order valence-corrected chi connectivity index (χ4v) is 9.27. The van der Waals surface area contributed by atoms with Crippen LogP contribution in [0.1, 0.15) is 24.9 Å². The first kappa shape index (κ1) is 12.3. The molecule has 130 valence electrons. The Bertz CT molecular complexity index is 1120. The maximum absolute atomic E-state index is 13.4. The summed E-state index contributed by atoms with van der Waals surface area (Å²) in [4.78, 5) is 26.8. The molecule has 26 heavy (non-hydrogen) atoms. The molecule has 0 radical (unpaired) electrons. The zero-order valence-electron chi connectivity index (χ0n) is 14.0. The average molecular weight is 347 g/mol. The Hall–Kier alpha value is -2.08. The molecular weight excluding hydrogens is 330 g/mol. The van der Waals surface area contributed by atoms with Crippen molar-refractivity contribution in [3.05, 3.63) is 51.3 Å². The molecule has 3 aliphatic heterocycles. The average Bonchev–Trinajstić information content (AvgIpc) is 3.55. The van der Waals surface area contributed by atoms with Crippen LogP contribution >= 0.6 is 0 Å². The summed E-state index contributed by atoms with van der Waals surface area (Å²) in [6.45, 7) is 0. The smallest absolute Gasteiger partial charge is 0.352 e. The second kappa shape index (κ2) is 3.07. The third-order valence-corrected chi connectivity index (χ3v) is 9.57. The zero-order chi connectivity index (χ0) is 16.7. The van der Waals surface area contributed by atoms with E-state index in [2.05, 4.69) is 0 Å². The van der Waals surface area contributed by atoms with Gasteiger partial charge in [-0.2, -0.15) is 0 Å². The molecule has 10 atom stereocenters. The number of ether oxygens (including phenoxy) is 1. The number of hydrogen-bond acceptors (Lipinski definition) is 3.